The van der Waals surface area contributed by atoms with Gasteiger partial charge in [-0.1, -0.05) is 0 Å². The predicted molar refractivity (Wildman–Crippen MR) is 35.4 cm³/mol. The average molecular weight is 130 g/mol. The molecule has 1 fully saturated rings. The molecule has 1 aliphatic rings. The summed E-state index contributed by atoms with van der Waals surface area (Å²) in [5, 5.41) is 11.5. The van der Waals surface area contributed by atoms with Crippen molar-refractivity contribution < 1.29 is 5.21 Å². The molecule has 0 saturated carbocycles. The Morgan fingerprint density at radius 2 is 2.56 bits per heavy atom. The molecular weight excluding hydrogens is 116 g/mol. The molecule has 0 aromatic heterocycles. The Bertz CT molecular complexity index is 71.5. The van der Waals surface area contributed by atoms with Crippen LogP contribution in [0.1, 0.15) is 12.8 Å². The Hall–Kier alpha value is -0.120. The quantitative estimate of drug-likeness (QED) is 0.470. The number of nitrogens with one attached hydrogen (secondary N) is 2. The van der Waals surface area contributed by atoms with Gasteiger partial charge in [0.05, 0.1) is 0 Å². The van der Waals surface area contributed by atoms with E-state index in [0.717, 1.165) is 32.0 Å². The molecule has 0 radical (unpaired) electrons. The first kappa shape index (κ1) is 6.99. The third-order valence-corrected chi connectivity index (χ3v) is 1.83. The minimum absolute atomic E-state index is 0.729. The molecule has 3 nitrogen and oxygen atoms in total. The van der Waals surface area contributed by atoms with Gasteiger partial charge < -0.3 is 10.5 Å². The Morgan fingerprint density at radius 3 is 3.11 bits per heavy atom. The van der Waals surface area contributed by atoms with E-state index < -0.39 is 0 Å². The SMILES string of the molecule is ONCCC1CCNC1. The van der Waals surface area contributed by atoms with E-state index >= 15 is 0 Å². The van der Waals surface area contributed by atoms with Crippen molar-refractivity contribution in [2.24, 2.45) is 5.92 Å². The van der Waals surface area contributed by atoms with Gasteiger partial charge in [-0.25, -0.2) is 5.48 Å². The highest BCUT2D eigenvalue weighted by Gasteiger charge is 2.12. The third kappa shape index (κ3) is 2.30. The van der Waals surface area contributed by atoms with Crippen molar-refractivity contribution in [1.29, 1.82) is 0 Å². The molecule has 0 bridgehead atoms. The summed E-state index contributed by atoms with van der Waals surface area (Å²) < 4.78 is 0. The van der Waals surface area contributed by atoms with Crippen LogP contribution in [0.4, 0.5) is 0 Å². The Balaban J connectivity index is 1.98. The Morgan fingerprint density at radius 1 is 1.67 bits per heavy atom. The lowest BCUT2D eigenvalue weighted by Gasteiger charge is -2.04. The molecule has 0 aromatic carbocycles. The van der Waals surface area contributed by atoms with Gasteiger partial charge in [-0.05, 0) is 31.8 Å². The largest absolute Gasteiger partial charge is 0.317 e. The number of rotatable bonds is 3. The smallest absolute Gasteiger partial charge is 0.0210 e. The predicted octanol–water partition coefficient (Wildman–Crippen LogP) is -0.0352. The van der Waals surface area contributed by atoms with Gasteiger partial charge in [0.1, 0.15) is 0 Å². The van der Waals surface area contributed by atoms with E-state index in [1.54, 1.807) is 0 Å². The lowest BCUT2D eigenvalue weighted by Crippen LogP contribution is -2.15. The number of hydroxylamine groups is 1. The van der Waals surface area contributed by atoms with Gasteiger partial charge in [0.25, 0.3) is 0 Å². The van der Waals surface area contributed by atoms with E-state index in [4.69, 9.17) is 5.21 Å². The summed E-state index contributed by atoms with van der Waals surface area (Å²) in [5.41, 5.74) is 2.17. The van der Waals surface area contributed by atoms with Crippen LogP contribution >= 0.6 is 0 Å². The van der Waals surface area contributed by atoms with Crippen LogP contribution in [0.5, 0.6) is 0 Å². The third-order valence-electron chi connectivity index (χ3n) is 1.83. The first-order valence-corrected chi connectivity index (χ1v) is 3.51. The van der Waals surface area contributed by atoms with Crippen LogP contribution in [-0.4, -0.2) is 24.8 Å². The molecule has 54 valence electrons. The van der Waals surface area contributed by atoms with Crippen LogP contribution in [0, 0.1) is 5.92 Å². The summed E-state index contributed by atoms with van der Waals surface area (Å²) in [6.45, 7) is 3.00. The van der Waals surface area contributed by atoms with Gasteiger partial charge in [0, 0.05) is 6.54 Å². The van der Waals surface area contributed by atoms with Crippen LogP contribution < -0.4 is 10.8 Å². The van der Waals surface area contributed by atoms with E-state index in [1.165, 1.54) is 6.42 Å². The molecular formula is C6H14N2O. The summed E-state index contributed by atoms with van der Waals surface area (Å²) in [6, 6.07) is 0. The van der Waals surface area contributed by atoms with Gasteiger partial charge in [0.15, 0.2) is 0 Å². The van der Waals surface area contributed by atoms with E-state index in [2.05, 4.69) is 10.8 Å². The molecule has 1 rings (SSSR count). The molecule has 0 aliphatic carbocycles. The highest BCUT2D eigenvalue weighted by molar-refractivity contribution is 4.70. The molecule has 0 spiro atoms. The Kier molecular flexibility index (Phi) is 2.97. The maximum absolute atomic E-state index is 8.26. The van der Waals surface area contributed by atoms with Crippen molar-refractivity contribution >= 4 is 0 Å². The zero-order valence-corrected chi connectivity index (χ0v) is 5.56. The molecule has 1 heterocycles. The summed E-state index contributed by atoms with van der Waals surface area (Å²) in [6.07, 6.45) is 2.35. The fourth-order valence-electron chi connectivity index (χ4n) is 1.23. The normalized spacial score (nSPS) is 27.0. The molecule has 1 unspecified atom stereocenters. The first-order valence-electron chi connectivity index (χ1n) is 3.51. The molecule has 0 aromatic rings. The van der Waals surface area contributed by atoms with Crippen molar-refractivity contribution in [2.45, 2.75) is 12.8 Å². The highest BCUT2D eigenvalue weighted by Crippen LogP contribution is 2.10. The first-order chi connectivity index (χ1) is 4.43. The van der Waals surface area contributed by atoms with Crippen molar-refractivity contribution in [3.8, 4) is 0 Å². The maximum Gasteiger partial charge on any atom is 0.0210 e. The number of hydrogen-bond acceptors (Lipinski definition) is 3. The van der Waals surface area contributed by atoms with E-state index in [1.807, 2.05) is 0 Å². The average Bonchev–Trinajstić information content (AvgIpc) is 2.34. The van der Waals surface area contributed by atoms with Gasteiger partial charge >= 0.3 is 0 Å². The second-order valence-electron chi connectivity index (χ2n) is 2.56. The molecule has 3 N–H and O–H groups in total. The number of hydrogen-bond donors (Lipinski definition) is 3. The minimum atomic E-state index is 0.729. The molecule has 1 aliphatic heterocycles. The van der Waals surface area contributed by atoms with Crippen LogP contribution in [-0.2, 0) is 0 Å². The monoisotopic (exact) mass is 130 g/mol. The van der Waals surface area contributed by atoms with Gasteiger partial charge in [-0.15, -0.1) is 0 Å². The zero-order chi connectivity index (χ0) is 6.53. The fraction of sp³-hybridized carbons (Fsp3) is 1.00. The topological polar surface area (TPSA) is 44.3 Å². The van der Waals surface area contributed by atoms with Gasteiger partial charge in [0.2, 0.25) is 0 Å². The van der Waals surface area contributed by atoms with Crippen molar-refractivity contribution in [2.75, 3.05) is 19.6 Å². The minimum Gasteiger partial charge on any atom is -0.317 e. The molecule has 0 amide bonds. The maximum atomic E-state index is 8.26. The lowest BCUT2D eigenvalue weighted by atomic mass is 10.1. The summed E-state index contributed by atoms with van der Waals surface area (Å²) in [4.78, 5) is 0. The van der Waals surface area contributed by atoms with Gasteiger partial charge in [-0.3, -0.25) is 0 Å². The van der Waals surface area contributed by atoms with Crippen molar-refractivity contribution in [3.05, 3.63) is 0 Å². The van der Waals surface area contributed by atoms with Crippen LogP contribution in [0.2, 0.25) is 0 Å². The van der Waals surface area contributed by atoms with Crippen LogP contribution in [0.25, 0.3) is 0 Å². The summed E-state index contributed by atoms with van der Waals surface area (Å²) in [7, 11) is 0. The second-order valence-corrected chi connectivity index (χ2v) is 2.56. The molecule has 3 heteroatoms. The molecule has 9 heavy (non-hydrogen) atoms. The summed E-state index contributed by atoms with van der Waals surface area (Å²) in [5.74, 6) is 0.782. The van der Waals surface area contributed by atoms with E-state index in [-0.39, 0.29) is 0 Å². The molecule has 1 atom stereocenters. The van der Waals surface area contributed by atoms with E-state index in [9.17, 15) is 0 Å². The standard InChI is InChI=1S/C6H14N2O/c9-8-4-2-6-1-3-7-5-6/h6-9H,1-5H2. The zero-order valence-electron chi connectivity index (χ0n) is 5.56. The highest BCUT2D eigenvalue weighted by atomic mass is 16.5. The van der Waals surface area contributed by atoms with Crippen LogP contribution in [0.3, 0.4) is 0 Å². The van der Waals surface area contributed by atoms with Crippen molar-refractivity contribution in [3.63, 3.8) is 0 Å². The fourth-order valence-corrected chi connectivity index (χ4v) is 1.23. The lowest BCUT2D eigenvalue weighted by molar-refractivity contribution is 0.160. The summed E-state index contributed by atoms with van der Waals surface area (Å²) >= 11 is 0. The van der Waals surface area contributed by atoms with Crippen molar-refractivity contribution in [1.82, 2.24) is 10.8 Å². The van der Waals surface area contributed by atoms with Crippen LogP contribution in [0.15, 0.2) is 0 Å². The van der Waals surface area contributed by atoms with E-state index in [0.29, 0.717) is 0 Å². The Labute approximate surface area is 55.4 Å². The van der Waals surface area contributed by atoms with Gasteiger partial charge in [-0.2, -0.15) is 0 Å². The molecule has 1 saturated heterocycles. The second kappa shape index (κ2) is 3.82.